The van der Waals surface area contributed by atoms with Crippen molar-refractivity contribution in [3.63, 3.8) is 0 Å². The van der Waals surface area contributed by atoms with Gasteiger partial charge in [0.25, 0.3) is 11.7 Å². The zero-order chi connectivity index (χ0) is 22.1. The van der Waals surface area contributed by atoms with Gasteiger partial charge in [-0.1, -0.05) is 52.7 Å². The number of aliphatic hydroxyl groups excluding tert-OH is 1. The molecule has 2 aromatic rings. The fraction of sp³-hybridized carbons (Fsp3) is 0.440. The fourth-order valence-electron chi connectivity index (χ4n) is 3.87. The number of carbonyl (C=O) groups excluding carboxylic acids is 2. The lowest BCUT2D eigenvalue weighted by Gasteiger charge is -2.24. The number of hydrogen-bond donors (Lipinski definition) is 1. The summed E-state index contributed by atoms with van der Waals surface area (Å²) in [5, 5.41) is 11.3. The third-order valence-electron chi connectivity index (χ3n) is 5.71. The first-order valence-electron chi connectivity index (χ1n) is 10.6. The minimum Gasteiger partial charge on any atom is -0.507 e. The van der Waals surface area contributed by atoms with E-state index in [9.17, 15) is 14.7 Å². The van der Waals surface area contributed by atoms with Crippen molar-refractivity contribution in [2.75, 3.05) is 6.54 Å². The van der Waals surface area contributed by atoms with Gasteiger partial charge < -0.3 is 14.4 Å². The summed E-state index contributed by atoms with van der Waals surface area (Å²) in [5.41, 5.74) is 2.44. The molecule has 0 aliphatic carbocycles. The van der Waals surface area contributed by atoms with Gasteiger partial charge in [-0.2, -0.15) is 0 Å². The second kappa shape index (κ2) is 8.50. The van der Waals surface area contributed by atoms with Crippen LogP contribution in [-0.4, -0.2) is 28.2 Å². The van der Waals surface area contributed by atoms with Crippen LogP contribution in [0.3, 0.4) is 0 Å². The number of aliphatic hydroxyl groups is 1. The molecule has 0 bridgehead atoms. The van der Waals surface area contributed by atoms with Gasteiger partial charge in [0.05, 0.1) is 11.8 Å². The van der Waals surface area contributed by atoms with E-state index in [1.807, 2.05) is 25.1 Å². The summed E-state index contributed by atoms with van der Waals surface area (Å²) >= 11 is 0. The van der Waals surface area contributed by atoms with E-state index in [1.54, 1.807) is 12.1 Å². The van der Waals surface area contributed by atoms with Crippen LogP contribution < -0.4 is 0 Å². The number of aryl methyl sites for hydroxylation is 1. The molecule has 5 nitrogen and oxygen atoms in total. The molecule has 160 valence electrons. The predicted octanol–water partition coefficient (Wildman–Crippen LogP) is 5.50. The molecule has 1 N–H and O–H groups in total. The van der Waals surface area contributed by atoms with Crippen molar-refractivity contribution < 1.29 is 19.1 Å². The van der Waals surface area contributed by atoms with Crippen LogP contribution in [0.1, 0.15) is 75.4 Å². The Balaban J connectivity index is 2.15. The Labute approximate surface area is 178 Å². The molecule has 1 saturated heterocycles. The highest BCUT2D eigenvalue weighted by molar-refractivity contribution is 6.46. The minimum atomic E-state index is -0.713. The highest BCUT2D eigenvalue weighted by Crippen LogP contribution is 2.40. The number of Topliss-reactive ketones (excluding diaryl/α,β-unsaturated/α-hetero) is 1. The highest BCUT2D eigenvalue weighted by Gasteiger charge is 2.47. The summed E-state index contributed by atoms with van der Waals surface area (Å²) in [4.78, 5) is 27.4. The Morgan fingerprint density at radius 1 is 1.17 bits per heavy atom. The van der Waals surface area contributed by atoms with Crippen molar-refractivity contribution in [2.24, 2.45) is 0 Å². The van der Waals surface area contributed by atoms with Gasteiger partial charge in [0.15, 0.2) is 0 Å². The number of amides is 1. The first-order valence-corrected chi connectivity index (χ1v) is 10.6. The van der Waals surface area contributed by atoms with Gasteiger partial charge in [-0.15, -0.1) is 0 Å². The van der Waals surface area contributed by atoms with E-state index in [2.05, 4.69) is 27.7 Å². The summed E-state index contributed by atoms with van der Waals surface area (Å²) < 4.78 is 5.58. The zero-order valence-corrected chi connectivity index (χ0v) is 18.5. The molecule has 1 aliphatic heterocycles. The van der Waals surface area contributed by atoms with Crippen LogP contribution in [0.2, 0.25) is 0 Å². The van der Waals surface area contributed by atoms with Crippen LogP contribution in [-0.2, 0) is 15.0 Å². The van der Waals surface area contributed by atoms with Gasteiger partial charge in [-0.05, 0) is 48.1 Å². The lowest BCUT2D eigenvalue weighted by atomic mass is 9.84. The molecule has 0 radical (unpaired) electrons. The first-order chi connectivity index (χ1) is 14.2. The van der Waals surface area contributed by atoms with E-state index in [1.165, 1.54) is 11.2 Å². The topological polar surface area (TPSA) is 70.8 Å². The summed E-state index contributed by atoms with van der Waals surface area (Å²) in [6.45, 7) is 10.7. The molecule has 3 rings (SSSR count). The molecule has 1 amide bonds. The van der Waals surface area contributed by atoms with E-state index in [0.29, 0.717) is 17.9 Å². The van der Waals surface area contributed by atoms with Crippen molar-refractivity contribution in [1.82, 2.24) is 4.90 Å². The van der Waals surface area contributed by atoms with E-state index in [-0.39, 0.29) is 16.7 Å². The average Bonchev–Trinajstić information content (AvgIpc) is 3.29. The van der Waals surface area contributed by atoms with Crippen molar-refractivity contribution in [3.8, 4) is 0 Å². The highest BCUT2D eigenvalue weighted by atomic mass is 16.3. The van der Waals surface area contributed by atoms with Crippen molar-refractivity contribution in [3.05, 3.63) is 64.6 Å². The lowest BCUT2D eigenvalue weighted by molar-refractivity contribution is -0.140. The molecule has 1 atom stereocenters. The smallest absolute Gasteiger partial charge is 0.295 e. The number of nitrogens with zero attached hydrogens (tertiary/aromatic N) is 1. The third-order valence-corrected chi connectivity index (χ3v) is 5.71. The Morgan fingerprint density at radius 3 is 2.50 bits per heavy atom. The van der Waals surface area contributed by atoms with Crippen molar-refractivity contribution in [1.29, 1.82) is 0 Å². The second-order valence-corrected chi connectivity index (χ2v) is 8.99. The minimum absolute atomic E-state index is 0.0978. The lowest BCUT2D eigenvalue weighted by Crippen LogP contribution is -2.30. The SMILES string of the molecule is CCCCCN1C(=O)C(=O)/C(=C(/O)c2cc(C(C)(C)C)ccc2C)C1c1ccco1. The van der Waals surface area contributed by atoms with Gasteiger partial charge in [-0.3, -0.25) is 9.59 Å². The Kier molecular flexibility index (Phi) is 6.20. The number of carbonyl (C=O) groups is 2. The Bertz CT molecular complexity index is 964. The van der Waals surface area contributed by atoms with Gasteiger partial charge in [0, 0.05) is 12.1 Å². The number of benzene rings is 1. The maximum Gasteiger partial charge on any atom is 0.295 e. The molecular formula is C25H31NO4. The van der Waals surface area contributed by atoms with Gasteiger partial charge in [0.1, 0.15) is 17.6 Å². The number of rotatable bonds is 6. The van der Waals surface area contributed by atoms with Crippen LogP contribution in [0.5, 0.6) is 0 Å². The van der Waals surface area contributed by atoms with Crippen LogP contribution in [0, 0.1) is 6.92 Å². The summed E-state index contributed by atoms with van der Waals surface area (Å²) in [7, 11) is 0. The maximum absolute atomic E-state index is 13.0. The number of unbranched alkanes of at least 4 members (excludes halogenated alkanes) is 2. The Hall–Kier alpha value is -2.82. The van der Waals surface area contributed by atoms with E-state index in [4.69, 9.17) is 4.42 Å². The standard InChI is InChI=1S/C25H31NO4/c1-6-7-8-13-26-21(19-10-9-14-30-19)20(23(28)24(26)29)22(27)18-15-17(25(3,4)5)12-11-16(18)2/h9-12,14-15,21,27H,6-8,13H2,1-5H3/b22-20+. The number of furan rings is 1. The summed E-state index contributed by atoms with van der Waals surface area (Å²) in [5.74, 6) is -0.905. The van der Waals surface area contributed by atoms with E-state index in [0.717, 1.165) is 30.4 Å². The summed E-state index contributed by atoms with van der Waals surface area (Å²) in [6, 6.07) is 8.64. The van der Waals surface area contributed by atoms with Crippen molar-refractivity contribution in [2.45, 2.75) is 65.3 Å². The molecule has 5 heteroatoms. The molecular weight excluding hydrogens is 378 g/mol. The Morgan fingerprint density at radius 2 is 1.90 bits per heavy atom. The summed E-state index contributed by atoms with van der Waals surface area (Å²) in [6.07, 6.45) is 4.28. The molecule has 0 saturated carbocycles. The molecule has 1 aromatic heterocycles. The fourth-order valence-corrected chi connectivity index (χ4v) is 3.87. The van der Waals surface area contributed by atoms with Gasteiger partial charge in [-0.25, -0.2) is 0 Å². The van der Waals surface area contributed by atoms with E-state index < -0.39 is 17.7 Å². The van der Waals surface area contributed by atoms with Crippen LogP contribution in [0.25, 0.3) is 5.76 Å². The number of ketones is 1. The van der Waals surface area contributed by atoms with Crippen LogP contribution in [0.15, 0.2) is 46.6 Å². The molecule has 1 aliphatic rings. The van der Waals surface area contributed by atoms with Gasteiger partial charge >= 0.3 is 0 Å². The van der Waals surface area contributed by atoms with E-state index >= 15 is 0 Å². The normalized spacial score (nSPS) is 19.0. The second-order valence-electron chi connectivity index (χ2n) is 8.99. The number of likely N-dealkylation sites (tertiary alicyclic amines) is 1. The molecule has 1 fully saturated rings. The molecule has 1 unspecified atom stereocenters. The van der Waals surface area contributed by atoms with Crippen molar-refractivity contribution >= 4 is 17.4 Å². The average molecular weight is 410 g/mol. The molecule has 1 aromatic carbocycles. The predicted molar refractivity (Wildman–Crippen MR) is 117 cm³/mol. The third kappa shape index (κ3) is 4.07. The zero-order valence-electron chi connectivity index (χ0n) is 18.5. The van der Waals surface area contributed by atoms with Gasteiger partial charge in [0.2, 0.25) is 0 Å². The maximum atomic E-state index is 13.0. The monoisotopic (exact) mass is 409 g/mol. The first kappa shape index (κ1) is 21.9. The quantitative estimate of drug-likeness (QED) is 0.296. The van der Waals surface area contributed by atoms with Crippen LogP contribution in [0.4, 0.5) is 0 Å². The molecule has 30 heavy (non-hydrogen) atoms. The molecule has 2 heterocycles. The van der Waals surface area contributed by atoms with Crippen LogP contribution >= 0.6 is 0 Å². The molecule has 0 spiro atoms. The largest absolute Gasteiger partial charge is 0.507 e. The number of hydrogen-bond acceptors (Lipinski definition) is 4.